The minimum absolute atomic E-state index is 0.0189. The molecule has 170 valence electrons. The number of piperidine rings is 1. The lowest BCUT2D eigenvalue weighted by Crippen LogP contribution is -2.28. The molecule has 3 aromatic carbocycles. The summed E-state index contributed by atoms with van der Waals surface area (Å²) in [4.78, 5) is 18.6. The van der Waals surface area contributed by atoms with Gasteiger partial charge in [-0.25, -0.2) is 0 Å². The number of nitrogens with zero attached hydrogens (tertiary/aromatic N) is 2. The van der Waals surface area contributed by atoms with E-state index in [9.17, 15) is 4.79 Å². The maximum atomic E-state index is 12.8. The van der Waals surface area contributed by atoms with Gasteiger partial charge in [0, 0.05) is 40.6 Å². The van der Waals surface area contributed by atoms with Crippen LogP contribution in [-0.2, 0) is 0 Å². The maximum Gasteiger partial charge on any atom is 0.185 e. The number of para-hydroxylation sites is 2. The molecular weight excluding hydrogens is 436 g/mol. The van der Waals surface area contributed by atoms with Crippen molar-refractivity contribution in [3.8, 4) is 0 Å². The van der Waals surface area contributed by atoms with E-state index in [-0.39, 0.29) is 5.78 Å². The molecular formula is C30H28N2OS. The van der Waals surface area contributed by atoms with Crippen LogP contribution in [0.4, 0.5) is 22.1 Å². The molecule has 1 fully saturated rings. The van der Waals surface area contributed by atoms with Crippen LogP contribution in [0.2, 0.25) is 0 Å². The van der Waals surface area contributed by atoms with Gasteiger partial charge in [0.15, 0.2) is 5.78 Å². The SMILES string of the molecule is O=C(C=Cc1ccc(N2CCCCC2)s1)c1ccc(N(c2ccccc2)c2ccccc2)cc1. The molecule has 0 radical (unpaired) electrons. The predicted molar refractivity (Wildman–Crippen MR) is 145 cm³/mol. The molecule has 4 aromatic rings. The highest BCUT2D eigenvalue weighted by Gasteiger charge is 2.14. The lowest BCUT2D eigenvalue weighted by Gasteiger charge is -2.27. The second-order valence-electron chi connectivity index (χ2n) is 8.47. The molecule has 5 rings (SSSR count). The molecule has 1 aromatic heterocycles. The molecule has 1 aliphatic rings. The van der Waals surface area contributed by atoms with Crippen molar-refractivity contribution in [2.75, 3.05) is 22.9 Å². The van der Waals surface area contributed by atoms with Gasteiger partial charge in [-0.1, -0.05) is 36.4 Å². The number of anilines is 4. The van der Waals surface area contributed by atoms with Crippen molar-refractivity contribution >= 4 is 45.3 Å². The van der Waals surface area contributed by atoms with Crippen molar-refractivity contribution in [3.05, 3.63) is 114 Å². The van der Waals surface area contributed by atoms with Crippen LogP contribution < -0.4 is 9.80 Å². The van der Waals surface area contributed by atoms with Crippen LogP contribution in [0.25, 0.3) is 6.08 Å². The molecule has 3 nitrogen and oxygen atoms in total. The van der Waals surface area contributed by atoms with E-state index in [1.54, 1.807) is 17.4 Å². The molecule has 1 aliphatic heterocycles. The van der Waals surface area contributed by atoms with Crippen molar-refractivity contribution in [2.24, 2.45) is 0 Å². The van der Waals surface area contributed by atoms with Gasteiger partial charge < -0.3 is 9.80 Å². The summed E-state index contributed by atoms with van der Waals surface area (Å²) in [6, 6.07) is 32.7. The highest BCUT2D eigenvalue weighted by Crippen LogP contribution is 2.34. The third-order valence-corrected chi connectivity index (χ3v) is 7.23. The van der Waals surface area contributed by atoms with Crippen LogP contribution in [0.1, 0.15) is 34.5 Å². The number of rotatable bonds is 7. The summed E-state index contributed by atoms with van der Waals surface area (Å²) in [7, 11) is 0. The van der Waals surface area contributed by atoms with Crippen LogP contribution in [-0.4, -0.2) is 18.9 Å². The van der Waals surface area contributed by atoms with Gasteiger partial charge in [-0.2, -0.15) is 0 Å². The molecule has 1 saturated heterocycles. The van der Waals surface area contributed by atoms with Crippen LogP contribution >= 0.6 is 11.3 Å². The van der Waals surface area contributed by atoms with Gasteiger partial charge in [-0.15, -0.1) is 11.3 Å². The molecule has 0 spiro atoms. The Balaban J connectivity index is 1.32. The standard InChI is InChI=1S/C30H28N2OS/c33-29(20-18-28-19-21-30(34-28)31-22-8-3-9-23-31)24-14-16-27(17-15-24)32(25-10-4-1-5-11-25)26-12-6-2-7-13-26/h1-2,4-7,10-21H,3,8-9,22-23H2. The van der Waals surface area contributed by atoms with Gasteiger partial charge in [0.25, 0.3) is 0 Å². The Morgan fingerprint density at radius 3 is 1.91 bits per heavy atom. The maximum absolute atomic E-state index is 12.8. The van der Waals surface area contributed by atoms with Crippen molar-refractivity contribution in [1.82, 2.24) is 0 Å². The summed E-state index contributed by atoms with van der Waals surface area (Å²) >= 11 is 1.76. The lowest BCUT2D eigenvalue weighted by molar-refractivity contribution is 0.104. The van der Waals surface area contributed by atoms with Crippen LogP contribution in [0.3, 0.4) is 0 Å². The molecule has 0 saturated carbocycles. The third kappa shape index (κ3) is 5.13. The van der Waals surface area contributed by atoms with E-state index < -0.39 is 0 Å². The van der Waals surface area contributed by atoms with Crippen LogP contribution in [0, 0.1) is 0 Å². The summed E-state index contributed by atoms with van der Waals surface area (Å²) in [6.45, 7) is 2.27. The quantitative estimate of drug-likeness (QED) is 0.204. The molecule has 0 bridgehead atoms. The second-order valence-corrected chi connectivity index (χ2v) is 9.57. The normalized spacial score (nSPS) is 13.8. The van der Waals surface area contributed by atoms with Gasteiger partial charge in [-0.05, 0) is 92.1 Å². The Morgan fingerprint density at radius 2 is 1.29 bits per heavy atom. The van der Waals surface area contributed by atoms with Crippen molar-refractivity contribution in [1.29, 1.82) is 0 Å². The van der Waals surface area contributed by atoms with E-state index in [0.29, 0.717) is 5.56 Å². The van der Waals surface area contributed by atoms with Gasteiger partial charge in [-0.3, -0.25) is 4.79 Å². The first-order valence-electron chi connectivity index (χ1n) is 11.9. The fraction of sp³-hybridized carbons (Fsp3) is 0.167. The number of carbonyl (C=O) groups excluding carboxylic acids is 1. The molecule has 0 atom stereocenters. The summed E-state index contributed by atoms with van der Waals surface area (Å²) in [5.41, 5.74) is 3.86. The number of benzene rings is 3. The molecule has 0 unspecified atom stereocenters. The van der Waals surface area contributed by atoms with Crippen molar-refractivity contribution in [3.63, 3.8) is 0 Å². The number of allylic oxidation sites excluding steroid dienone is 1. The summed E-state index contributed by atoms with van der Waals surface area (Å²) < 4.78 is 0. The third-order valence-electron chi connectivity index (χ3n) is 6.12. The van der Waals surface area contributed by atoms with Gasteiger partial charge >= 0.3 is 0 Å². The topological polar surface area (TPSA) is 23.6 Å². The van der Waals surface area contributed by atoms with E-state index in [1.165, 1.54) is 24.3 Å². The van der Waals surface area contributed by atoms with Crippen molar-refractivity contribution < 1.29 is 4.79 Å². The number of thiophene rings is 1. The minimum Gasteiger partial charge on any atom is -0.363 e. The highest BCUT2D eigenvalue weighted by molar-refractivity contribution is 7.16. The molecule has 0 amide bonds. The van der Waals surface area contributed by atoms with E-state index in [4.69, 9.17) is 0 Å². The average Bonchev–Trinajstić information content (AvgIpc) is 3.39. The summed E-state index contributed by atoms with van der Waals surface area (Å²) in [6.07, 6.45) is 7.49. The van der Waals surface area contributed by atoms with Gasteiger partial charge in [0.2, 0.25) is 0 Å². The summed E-state index contributed by atoms with van der Waals surface area (Å²) in [5.74, 6) is 0.0189. The Bertz CT molecular complexity index is 1200. The Hall–Kier alpha value is -3.63. The zero-order valence-electron chi connectivity index (χ0n) is 19.1. The Kier molecular flexibility index (Phi) is 6.87. The Morgan fingerprint density at radius 1 is 0.706 bits per heavy atom. The number of carbonyl (C=O) groups is 1. The molecule has 4 heteroatoms. The van der Waals surface area contributed by atoms with E-state index in [2.05, 4.69) is 46.2 Å². The highest BCUT2D eigenvalue weighted by atomic mass is 32.1. The Labute approximate surface area is 205 Å². The number of ketones is 1. The van der Waals surface area contributed by atoms with E-state index >= 15 is 0 Å². The number of hydrogen-bond acceptors (Lipinski definition) is 4. The molecule has 0 aliphatic carbocycles. The van der Waals surface area contributed by atoms with Crippen LogP contribution in [0.15, 0.2) is 103 Å². The predicted octanol–water partition coefficient (Wildman–Crippen LogP) is 8.10. The van der Waals surface area contributed by atoms with E-state index in [1.807, 2.05) is 66.7 Å². The van der Waals surface area contributed by atoms with Crippen LogP contribution in [0.5, 0.6) is 0 Å². The fourth-order valence-corrected chi connectivity index (χ4v) is 5.31. The smallest absolute Gasteiger partial charge is 0.185 e. The number of hydrogen-bond donors (Lipinski definition) is 0. The van der Waals surface area contributed by atoms with E-state index in [0.717, 1.165) is 35.0 Å². The monoisotopic (exact) mass is 464 g/mol. The first-order chi connectivity index (χ1) is 16.8. The summed E-state index contributed by atoms with van der Waals surface area (Å²) in [5, 5.41) is 1.30. The lowest BCUT2D eigenvalue weighted by atomic mass is 10.1. The first-order valence-corrected chi connectivity index (χ1v) is 12.7. The molecule has 0 N–H and O–H groups in total. The molecule has 34 heavy (non-hydrogen) atoms. The minimum atomic E-state index is 0.0189. The molecule has 2 heterocycles. The second kappa shape index (κ2) is 10.5. The zero-order valence-corrected chi connectivity index (χ0v) is 20.0. The fourth-order valence-electron chi connectivity index (χ4n) is 4.35. The van der Waals surface area contributed by atoms with Gasteiger partial charge in [0.1, 0.15) is 0 Å². The van der Waals surface area contributed by atoms with Crippen molar-refractivity contribution in [2.45, 2.75) is 19.3 Å². The van der Waals surface area contributed by atoms with Gasteiger partial charge in [0.05, 0.1) is 5.00 Å². The largest absolute Gasteiger partial charge is 0.363 e. The first kappa shape index (κ1) is 22.2. The average molecular weight is 465 g/mol. The zero-order chi connectivity index (χ0) is 23.2.